The van der Waals surface area contributed by atoms with Gasteiger partial charge in [-0.25, -0.2) is 0 Å². The monoisotopic (exact) mass is 363 g/mol. The molecular formula is C20H21N5O2. The molecule has 7 heteroatoms. The third-order valence-electron chi connectivity index (χ3n) is 4.41. The SMILES string of the molecule is Cc1ccccc1C(=O)NCc1ccc(-c2nn(C)c(N)c2C(N)=O)cc1. The minimum atomic E-state index is -0.620. The van der Waals surface area contributed by atoms with Gasteiger partial charge in [0.25, 0.3) is 11.8 Å². The predicted octanol–water partition coefficient (Wildman–Crippen LogP) is 2.01. The van der Waals surface area contributed by atoms with Crippen molar-refractivity contribution in [1.29, 1.82) is 0 Å². The number of carbonyl (C=O) groups excluding carboxylic acids is 2. The number of aryl methyl sites for hydroxylation is 2. The number of nitrogens with zero attached hydrogens (tertiary/aromatic N) is 2. The number of carbonyl (C=O) groups is 2. The molecule has 1 heterocycles. The Labute approximate surface area is 157 Å². The molecule has 138 valence electrons. The van der Waals surface area contributed by atoms with E-state index in [1.807, 2.05) is 49.4 Å². The number of anilines is 1. The van der Waals surface area contributed by atoms with E-state index in [-0.39, 0.29) is 17.3 Å². The summed E-state index contributed by atoms with van der Waals surface area (Å²) in [6.07, 6.45) is 0. The molecule has 0 fully saturated rings. The lowest BCUT2D eigenvalue weighted by Crippen LogP contribution is -2.23. The number of benzene rings is 2. The average molecular weight is 363 g/mol. The van der Waals surface area contributed by atoms with E-state index in [1.165, 1.54) is 4.68 Å². The van der Waals surface area contributed by atoms with Crippen molar-refractivity contribution in [2.45, 2.75) is 13.5 Å². The molecule has 0 aliphatic rings. The normalized spacial score (nSPS) is 10.6. The second-order valence-corrected chi connectivity index (χ2v) is 6.29. The Balaban J connectivity index is 1.75. The highest BCUT2D eigenvalue weighted by molar-refractivity contribution is 6.03. The first kappa shape index (κ1) is 18.2. The molecule has 3 rings (SSSR count). The molecule has 3 aromatic rings. The van der Waals surface area contributed by atoms with E-state index in [0.717, 1.165) is 16.7 Å². The third kappa shape index (κ3) is 3.67. The lowest BCUT2D eigenvalue weighted by molar-refractivity contribution is 0.0949. The van der Waals surface area contributed by atoms with Gasteiger partial charge in [0.15, 0.2) is 0 Å². The summed E-state index contributed by atoms with van der Waals surface area (Å²) < 4.78 is 1.42. The third-order valence-corrected chi connectivity index (χ3v) is 4.41. The zero-order chi connectivity index (χ0) is 19.6. The lowest BCUT2D eigenvalue weighted by Gasteiger charge is -2.08. The van der Waals surface area contributed by atoms with Gasteiger partial charge in [0, 0.05) is 24.7 Å². The second kappa shape index (κ2) is 7.33. The molecule has 0 spiro atoms. The highest BCUT2D eigenvalue weighted by Crippen LogP contribution is 2.26. The number of nitrogens with two attached hydrogens (primary N) is 2. The molecule has 2 aromatic carbocycles. The quantitative estimate of drug-likeness (QED) is 0.643. The molecule has 0 saturated heterocycles. The van der Waals surface area contributed by atoms with Crippen LogP contribution in [0, 0.1) is 6.92 Å². The molecule has 1 aromatic heterocycles. The molecule has 27 heavy (non-hydrogen) atoms. The van der Waals surface area contributed by atoms with Gasteiger partial charge in [-0.05, 0) is 24.1 Å². The van der Waals surface area contributed by atoms with Crippen LogP contribution in [0.25, 0.3) is 11.3 Å². The summed E-state index contributed by atoms with van der Waals surface area (Å²) >= 11 is 0. The Kier molecular flexibility index (Phi) is 4.94. The predicted molar refractivity (Wildman–Crippen MR) is 104 cm³/mol. The summed E-state index contributed by atoms with van der Waals surface area (Å²) in [6.45, 7) is 2.29. The summed E-state index contributed by atoms with van der Waals surface area (Å²) in [4.78, 5) is 24.0. The highest BCUT2D eigenvalue weighted by atomic mass is 16.2. The Morgan fingerprint density at radius 1 is 1.11 bits per heavy atom. The molecule has 0 unspecified atom stereocenters. The highest BCUT2D eigenvalue weighted by Gasteiger charge is 2.19. The molecule has 0 bridgehead atoms. The maximum atomic E-state index is 12.3. The van der Waals surface area contributed by atoms with Crippen LogP contribution in [0.1, 0.15) is 31.8 Å². The smallest absolute Gasteiger partial charge is 0.254 e. The van der Waals surface area contributed by atoms with Crippen LogP contribution in [0.4, 0.5) is 5.82 Å². The van der Waals surface area contributed by atoms with Crippen LogP contribution in [0.3, 0.4) is 0 Å². The van der Waals surface area contributed by atoms with Gasteiger partial charge >= 0.3 is 0 Å². The van der Waals surface area contributed by atoms with E-state index in [2.05, 4.69) is 10.4 Å². The molecular weight excluding hydrogens is 342 g/mol. The first-order valence-electron chi connectivity index (χ1n) is 8.44. The Morgan fingerprint density at radius 2 is 1.78 bits per heavy atom. The number of hydrogen-bond acceptors (Lipinski definition) is 4. The maximum Gasteiger partial charge on any atom is 0.254 e. The van der Waals surface area contributed by atoms with Crippen molar-refractivity contribution in [3.63, 3.8) is 0 Å². The number of amides is 2. The fraction of sp³-hybridized carbons (Fsp3) is 0.150. The Bertz CT molecular complexity index is 1010. The minimum absolute atomic E-state index is 0.120. The minimum Gasteiger partial charge on any atom is -0.383 e. The summed E-state index contributed by atoms with van der Waals surface area (Å²) in [6, 6.07) is 14.8. The van der Waals surface area contributed by atoms with Crippen LogP contribution >= 0.6 is 0 Å². The van der Waals surface area contributed by atoms with E-state index in [4.69, 9.17) is 11.5 Å². The van der Waals surface area contributed by atoms with E-state index in [0.29, 0.717) is 17.8 Å². The molecule has 7 nitrogen and oxygen atoms in total. The number of aromatic nitrogens is 2. The van der Waals surface area contributed by atoms with Gasteiger partial charge in [0.1, 0.15) is 17.1 Å². The second-order valence-electron chi connectivity index (χ2n) is 6.29. The molecule has 0 aliphatic heterocycles. The van der Waals surface area contributed by atoms with Crippen LogP contribution in [0.5, 0.6) is 0 Å². The van der Waals surface area contributed by atoms with E-state index < -0.39 is 5.91 Å². The largest absolute Gasteiger partial charge is 0.383 e. The van der Waals surface area contributed by atoms with Crippen LogP contribution in [-0.4, -0.2) is 21.6 Å². The van der Waals surface area contributed by atoms with Crippen LogP contribution in [-0.2, 0) is 13.6 Å². The van der Waals surface area contributed by atoms with Crippen LogP contribution < -0.4 is 16.8 Å². The van der Waals surface area contributed by atoms with E-state index in [9.17, 15) is 9.59 Å². The molecule has 0 atom stereocenters. The topological polar surface area (TPSA) is 116 Å². The summed E-state index contributed by atoms with van der Waals surface area (Å²) in [7, 11) is 1.65. The van der Waals surface area contributed by atoms with Crippen molar-refractivity contribution in [3.8, 4) is 11.3 Å². The molecule has 0 aliphatic carbocycles. The van der Waals surface area contributed by atoms with Crippen LogP contribution in [0.15, 0.2) is 48.5 Å². The standard InChI is InChI=1S/C20H21N5O2/c1-12-5-3-4-6-15(12)20(27)23-11-13-7-9-14(10-8-13)17-16(19(22)26)18(21)25(2)24-17/h3-10H,11,21H2,1-2H3,(H2,22,26)(H,23,27). The molecule has 5 N–H and O–H groups in total. The van der Waals surface area contributed by atoms with Crippen molar-refractivity contribution >= 4 is 17.6 Å². The van der Waals surface area contributed by atoms with Crippen molar-refractivity contribution in [1.82, 2.24) is 15.1 Å². The molecule has 0 radical (unpaired) electrons. The first-order chi connectivity index (χ1) is 12.9. The fourth-order valence-electron chi connectivity index (χ4n) is 2.87. The Hall–Kier alpha value is -3.61. The summed E-state index contributed by atoms with van der Waals surface area (Å²) in [5, 5.41) is 7.18. The number of rotatable bonds is 5. The molecule has 0 saturated carbocycles. The number of primary amides is 1. The van der Waals surface area contributed by atoms with Gasteiger partial charge < -0.3 is 16.8 Å². The van der Waals surface area contributed by atoms with Gasteiger partial charge in [-0.1, -0.05) is 42.5 Å². The lowest BCUT2D eigenvalue weighted by atomic mass is 10.0. The van der Waals surface area contributed by atoms with Gasteiger partial charge in [0.2, 0.25) is 0 Å². The van der Waals surface area contributed by atoms with Gasteiger partial charge in [-0.15, -0.1) is 0 Å². The van der Waals surface area contributed by atoms with Crippen molar-refractivity contribution < 1.29 is 9.59 Å². The molecule has 2 amide bonds. The first-order valence-corrected chi connectivity index (χ1v) is 8.44. The zero-order valence-corrected chi connectivity index (χ0v) is 15.2. The zero-order valence-electron chi connectivity index (χ0n) is 15.2. The van der Waals surface area contributed by atoms with E-state index >= 15 is 0 Å². The van der Waals surface area contributed by atoms with Gasteiger partial charge in [-0.2, -0.15) is 5.10 Å². The van der Waals surface area contributed by atoms with Crippen molar-refractivity contribution in [2.24, 2.45) is 12.8 Å². The van der Waals surface area contributed by atoms with Crippen molar-refractivity contribution in [3.05, 3.63) is 70.8 Å². The fourth-order valence-corrected chi connectivity index (χ4v) is 2.87. The average Bonchev–Trinajstić information content (AvgIpc) is 2.95. The Morgan fingerprint density at radius 3 is 2.41 bits per heavy atom. The number of hydrogen-bond donors (Lipinski definition) is 3. The van der Waals surface area contributed by atoms with Gasteiger partial charge in [-0.3, -0.25) is 14.3 Å². The maximum absolute atomic E-state index is 12.3. The van der Waals surface area contributed by atoms with Crippen molar-refractivity contribution in [2.75, 3.05) is 5.73 Å². The van der Waals surface area contributed by atoms with E-state index in [1.54, 1.807) is 13.1 Å². The summed E-state index contributed by atoms with van der Waals surface area (Å²) in [5.41, 5.74) is 15.2. The van der Waals surface area contributed by atoms with Crippen LogP contribution in [0.2, 0.25) is 0 Å². The summed E-state index contributed by atoms with van der Waals surface area (Å²) in [5.74, 6) is -0.511. The number of nitrogens with one attached hydrogen (secondary N) is 1. The number of nitrogen functional groups attached to an aromatic ring is 1. The van der Waals surface area contributed by atoms with Gasteiger partial charge in [0.05, 0.1) is 0 Å².